The van der Waals surface area contributed by atoms with E-state index in [1.807, 2.05) is 0 Å². The summed E-state index contributed by atoms with van der Waals surface area (Å²) in [7, 11) is -7.86. The van der Waals surface area contributed by atoms with Gasteiger partial charge in [-0.15, -0.1) is 0 Å². The molecule has 8 nitrogen and oxygen atoms in total. The van der Waals surface area contributed by atoms with Crippen LogP contribution >= 0.6 is 0 Å². The lowest BCUT2D eigenvalue weighted by Gasteiger charge is -2.22. The topological polar surface area (TPSA) is 124 Å². The van der Waals surface area contributed by atoms with Crippen molar-refractivity contribution in [3.8, 4) is 0 Å². The maximum Gasteiger partial charge on any atom is 0.243 e. The molecule has 1 aliphatic rings. The number of sulfonamides is 2. The number of primary sulfonamides is 1. The Morgan fingerprint density at radius 2 is 1.92 bits per heavy atom. The lowest BCUT2D eigenvalue weighted by Crippen LogP contribution is -2.31. The summed E-state index contributed by atoms with van der Waals surface area (Å²) in [5.41, 5.74) is 0.552. The molecule has 1 aromatic carbocycles. The van der Waals surface area contributed by atoms with Crippen LogP contribution in [0.25, 0.3) is 0 Å². The molecule has 0 radical (unpaired) electrons. The molecule has 1 aromatic heterocycles. The molecule has 1 saturated heterocycles. The molecule has 0 aliphatic carbocycles. The molecule has 2 N–H and O–H groups in total. The number of rotatable bonds is 4. The monoisotopic (exact) mass is 371 g/mol. The largest absolute Gasteiger partial charge is 0.361 e. The van der Waals surface area contributed by atoms with Gasteiger partial charge in [-0.1, -0.05) is 11.2 Å². The number of hydrogen-bond acceptors (Lipinski definition) is 6. The SMILES string of the molecule is Cc1cc([C@H]2CCCN2S(=O)(=O)c2cccc(S(N)(=O)=O)c2)no1. The van der Waals surface area contributed by atoms with Gasteiger partial charge >= 0.3 is 0 Å². The zero-order chi connectivity index (χ0) is 17.5. The van der Waals surface area contributed by atoms with Gasteiger partial charge in [-0.3, -0.25) is 0 Å². The summed E-state index contributed by atoms with van der Waals surface area (Å²) >= 11 is 0. The smallest absolute Gasteiger partial charge is 0.243 e. The van der Waals surface area contributed by atoms with Crippen molar-refractivity contribution in [1.29, 1.82) is 0 Å². The highest BCUT2D eigenvalue weighted by Gasteiger charge is 2.38. The second-order valence-corrected chi connectivity index (χ2v) is 9.11. The maximum atomic E-state index is 12.9. The summed E-state index contributed by atoms with van der Waals surface area (Å²) in [6, 6.07) is 6.33. The molecule has 0 unspecified atom stereocenters. The average molecular weight is 371 g/mol. The van der Waals surface area contributed by atoms with Crippen molar-refractivity contribution in [2.24, 2.45) is 5.14 Å². The van der Waals surface area contributed by atoms with Crippen molar-refractivity contribution in [2.45, 2.75) is 35.6 Å². The third-order valence-corrected chi connectivity index (χ3v) is 6.75. The third kappa shape index (κ3) is 3.09. The normalized spacial score (nSPS) is 19.7. The quantitative estimate of drug-likeness (QED) is 0.860. The van der Waals surface area contributed by atoms with Crippen LogP contribution in [0.15, 0.2) is 44.6 Å². The predicted molar refractivity (Wildman–Crippen MR) is 84.9 cm³/mol. The molecule has 10 heteroatoms. The van der Waals surface area contributed by atoms with Crippen LogP contribution in [0.2, 0.25) is 0 Å². The highest BCUT2D eigenvalue weighted by Crippen LogP contribution is 2.36. The fraction of sp³-hybridized carbons (Fsp3) is 0.357. The van der Waals surface area contributed by atoms with Gasteiger partial charge in [-0.2, -0.15) is 4.31 Å². The van der Waals surface area contributed by atoms with E-state index in [1.54, 1.807) is 13.0 Å². The van der Waals surface area contributed by atoms with E-state index < -0.39 is 26.1 Å². The molecule has 130 valence electrons. The first-order valence-electron chi connectivity index (χ1n) is 7.27. The van der Waals surface area contributed by atoms with Gasteiger partial charge in [0.25, 0.3) is 0 Å². The third-order valence-electron chi connectivity index (χ3n) is 3.93. The van der Waals surface area contributed by atoms with Crippen molar-refractivity contribution in [1.82, 2.24) is 9.46 Å². The van der Waals surface area contributed by atoms with E-state index in [4.69, 9.17) is 9.66 Å². The van der Waals surface area contributed by atoms with Gasteiger partial charge in [-0.05, 0) is 38.0 Å². The minimum absolute atomic E-state index is 0.110. The Labute approximate surface area is 140 Å². The number of hydrogen-bond donors (Lipinski definition) is 1. The number of aromatic nitrogens is 1. The molecule has 24 heavy (non-hydrogen) atoms. The van der Waals surface area contributed by atoms with Crippen LogP contribution in [0.4, 0.5) is 0 Å². The summed E-state index contributed by atoms with van der Waals surface area (Å²) in [5, 5.41) is 9.00. The Morgan fingerprint density at radius 3 is 2.54 bits per heavy atom. The summed E-state index contributed by atoms with van der Waals surface area (Å²) in [4.78, 5) is -0.349. The fourth-order valence-corrected chi connectivity index (χ4v) is 5.16. The average Bonchev–Trinajstić information content (AvgIpc) is 3.15. The minimum Gasteiger partial charge on any atom is -0.361 e. The maximum absolute atomic E-state index is 12.9. The lowest BCUT2D eigenvalue weighted by atomic mass is 10.1. The number of nitrogens with zero attached hydrogens (tertiary/aromatic N) is 2. The van der Waals surface area contributed by atoms with Crippen molar-refractivity contribution in [3.63, 3.8) is 0 Å². The first-order chi connectivity index (χ1) is 11.2. The molecule has 1 aliphatic heterocycles. The Kier molecular flexibility index (Phi) is 4.24. The molecule has 1 fully saturated rings. The molecule has 3 rings (SSSR count). The standard InChI is InChI=1S/C14H17N3O5S2/c1-10-8-13(16-22-10)14-6-3-7-17(14)24(20,21)12-5-2-4-11(9-12)23(15,18)19/h2,4-5,8-9,14H,3,6-7H2,1H3,(H2,15,18,19)/t14-/m1/s1. The van der Waals surface area contributed by atoms with Crippen molar-refractivity contribution in [3.05, 3.63) is 41.8 Å². The second-order valence-electron chi connectivity index (χ2n) is 5.66. The van der Waals surface area contributed by atoms with E-state index in [1.165, 1.54) is 22.5 Å². The van der Waals surface area contributed by atoms with E-state index in [9.17, 15) is 16.8 Å². The Bertz CT molecular complexity index is 966. The number of benzene rings is 1. The Balaban J connectivity index is 2.01. The summed E-state index contributed by atoms with van der Waals surface area (Å²) in [6.07, 6.45) is 1.31. The molecule has 2 aromatic rings. The summed E-state index contributed by atoms with van der Waals surface area (Å²) in [6.45, 7) is 2.07. The first kappa shape index (κ1) is 17.1. The van der Waals surface area contributed by atoms with Gasteiger partial charge in [0.15, 0.2) is 0 Å². The van der Waals surface area contributed by atoms with Crippen LogP contribution < -0.4 is 5.14 Å². The Hall–Kier alpha value is -1.75. The zero-order valence-electron chi connectivity index (χ0n) is 12.9. The van der Waals surface area contributed by atoms with Gasteiger partial charge in [-0.25, -0.2) is 22.0 Å². The van der Waals surface area contributed by atoms with Gasteiger partial charge in [0, 0.05) is 12.6 Å². The van der Waals surface area contributed by atoms with Gasteiger partial charge in [0.05, 0.1) is 15.8 Å². The van der Waals surface area contributed by atoms with Crippen LogP contribution in [0.5, 0.6) is 0 Å². The molecule has 0 amide bonds. The molecule has 0 saturated carbocycles. The van der Waals surface area contributed by atoms with Gasteiger partial charge < -0.3 is 4.52 Å². The molecule has 2 heterocycles. The van der Waals surface area contributed by atoms with E-state index in [0.717, 1.165) is 6.07 Å². The van der Waals surface area contributed by atoms with Crippen LogP contribution in [0.1, 0.15) is 30.3 Å². The van der Waals surface area contributed by atoms with Crippen molar-refractivity contribution in [2.75, 3.05) is 6.54 Å². The van der Waals surface area contributed by atoms with Crippen molar-refractivity contribution >= 4 is 20.0 Å². The lowest BCUT2D eigenvalue weighted by molar-refractivity contribution is 0.349. The van der Waals surface area contributed by atoms with E-state index in [2.05, 4.69) is 5.16 Å². The molecule has 0 bridgehead atoms. The van der Waals surface area contributed by atoms with Gasteiger partial charge in [0.2, 0.25) is 20.0 Å². The highest BCUT2D eigenvalue weighted by molar-refractivity contribution is 7.90. The van der Waals surface area contributed by atoms with Crippen LogP contribution in [-0.2, 0) is 20.0 Å². The molecule has 0 spiro atoms. The first-order valence-corrected chi connectivity index (χ1v) is 10.3. The predicted octanol–water partition coefficient (Wildman–Crippen LogP) is 1.16. The van der Waals surface area contributed by atoms with Crippen LogP contribution in [0, 0.1) is 6.92 Å². The van der Waals surface area contributed by atoms with Crippen molar-refractivity contribution < 1.29 is 21.4 Å². The summed E-state index contributed by atoms with van der Waals surface area (Å²) in [5.74, 6) is 0.602. The van der Waals surface area contributed by atoms with E-state index in [-0.39, 0.29) is 9.79 Å². The molecule has 1 atom stereocenters. The van der Waals surface area contributed by atoms with Crippen LogP contribution in [-0.4, -0.2) is 32.8 Å². The van der Waals surface area contributed by atoms with E-state index >= 15 is 0 Å². The zero-order valence-corrected chi connectivity index (χ0v) is 14.5. The van der Waals surface area contributed by atoms with Gasteiger partial charge in [0.1, 0.15) is 11.5 Å². The molecular weight excluding hydrogens is 354 g/mol. The van der Waals surface area contributed by atoms with Crippen LogP contribution in [0.3, 0.4) is 0 Å². The minimum atomic E-state index is -3.98. The highest BCUT2D eigenvalue weighted by atomic mass is 32.2. The Morgan fingerprint density at radius 1 is 1.21 bits per heavy atom. The molecular formula is C14H17N3O5S2. The van der Waals surface area contributed by atoms with E-state index in [0.29, 0.717) is 30.8 Å². The fourth-order valence-electron chi connectivity index (χ4n) is 2.81. The second kappa shape index (κ2) is 5.96. The number of nitrogens with two attached hydrogens (primary N) is 1. The summed E-state index contributed by atoms with van der Waals surface area (Å²) < 4.78 is 55.2. The number of aryl methyl sites for hydroxylation is 1.